The third-order valence-electron chi connectivity index (χ3n) is 1.04. The van der Waals surface area contributed by atoms with Crippen molar-refractivity contribution in [2.24, 2.45) is 0 Å². The van der Waals surface area contributed by atoms with Crippen molar-refractivity contribution in [1.82, 2.24) is 0 Å². The van der Waals surface area contributed by atoms with Crippen molar-refractivity contribution in [3.63, 3.8) is 0 Å². The Morgan fingerprint density at radius 1 is 1.55 bits per heavy atom. The molecule has 0 spiro atoms. The summed E-state index contributed by atoms with van der Waals surface area (Å²) in [5, 5.41) is 0.610. The number of rotatable bonds is 6. The van der Waals surface area contributed by atoms with Crippen molar-refractivity contribution in [1.29, 1.82) is 0 Å². The van der Waals surface area contributed by atoms with Crippen LogP contribution in [0.2, 0.25) is 0 Å². The van der Waals surface area contributed by atoms with Gasteiger partial charge in [0.05, 0.1) is 12.7 Å². The van der Waals surface area contributed by atoms with Gasteiger partial charge in [0.15, 0.2) is 0 Å². The Balaban J connectivity index is 3.43. The first-order valence-electron chi connectivity index (χ1n) is 3.47. The van der Waals surface area contributed by atoms with E-state index >= 15 is 0 Å². The highest BCUT2D eigenvalue weighted by Crippen LogP contribution is 1.98. The zero-order chi connectivity index (χ0) is 8.69. The fourth-order valence-corrected chi connectivity index (χ4v) is 0.838. The molecule has 0 aromatic carbocycles. The molecule has 11 heavy (non-hydrogen) atoms. The molecule has 0 bridgehead atoms. The molecular weight excluding hydrogens is 212 g/mol. The van der Waals surface area contributed by atoms with Crippen molar-refractivity contribution in [2.75, 3.05) is 11.9 Å². The first-order chi connectivity index (χ1) is 5.20. The van der Waals surface area contributed by atoms with Gasteiger partial charge in [-0.15, -0.1) is 0 Å². The third-order valence-corrected chi connectivity index (χ3v) is 1.76. The topological polar surface area (TPSA) is 35.5 Å². The van der Waals surface area contributed by atoms with Crippen LogP contribution in [0.5, 0.6) is 0 Å². The Kier molecular flexibility index (Phi) is 6.56. The van der Waals surface area contributed by atoms with Gasteiger partial charge in [0.25, 0.3) is 6.47 Å². The van der Waals surface area contributed by atoms with Gasteiger partial charge in [-0.2, -0.15) is 0 Å². The van der Waals surface area contributed by atoms with E-state index in [1.165, 1.54) is 0 Å². The van der Waals surface area contributed by atoms with Crippen LogP contribution in [0, 0.1) is 0 Å². The second kappa shape index (κ2) is 6.61. The van der Waals surface area contributed by atoms with Crippen LogP contribution in [0.15, 0.2) is 0 Å². The van der Waals surface area contributed by atoms with Crippen LogP contribution in [0.4, 0.5) is 0 Å². The molecule has 0 radical (unpaired) electrons. The smallest absolute Gasteiger partial charge is 0.293 e. The molecule has 0 saturated heterocycles. The van der Waals surface area contributed by atoms with Crippen LogP contribution in [0.3, 0.4) is 0 Å². The van der Waals surface area contributed by atoms with E-state index in [1.54, 1.807) is 0 Å². The van der Waals surface area contributed by atoms with Crippen molar-refractivity contribution >= 4 is 22.4 Å². The van der Waals surface area contributed by atoms with Crippen molar-refractivity contribution in [2.45, 2.75) is 26.1 Å². The molecule has 0 aliphatic rings. The average molecular weight is 225 g/mol. The molecule has 0 rings (SSSR count). The summed E-state index contributed by atoms with van der Waals surface area (Å²) in [5.41, 5.74) is 0. The lowest BCUT2D eigenvalue weighted by Gasteiger charge is -2.14. The highest BCUT2D eigenvalue weighted by atomic mass is 79.9. The van der Waals surface area contributed by atoms with E-state index in [2.05, 4.69) is 20.7 Å². The maximum atomic E-state index is 9.92. The van der Waals surface area contributed by atoms with Crippen LogP contribution in [-0.4, -0.2) is 30.6 Å². The summed E-state index contributed by atoms with van der Waals surface area (Å²) in [5.74, 6) is 0. The Morgan fingerprint density at radius 2 is 2.18 bits per heavy atom. The third kappa shape index (κ3) is 6.31. The van der Waals surface area contributed by atoms with E-state index in [0.717, 1.165) is 0 Å². The van der Waals surface area contributed by atoms with Gasteiger partial charge in [-0.05, 0) is 13.8 Å². The molecule has 0 aliphatic carbocycles. The van der Waals surface area contributed by atoms with Crippen molar-refractivity contribution < 1.29 is 14.3 Å². The van der Waals surface area contributed by atoms with Crippen LogP contribution in [-0.2, 0) is 14.3 Å². The van der Waals surface area contributed by atoms with E-state index in [-0.39, 0.29) is 12.2 Å². The summed E-state index contributed by atoms with van der Waals surface area (Å²) in [6.45, 7) is 4.76. The lowest BCUT2D eigenvalue weighted by atomic mass is 10.4. The lowest BCUT2D eigenvalue weighted by Crippen LogP contribution is -2.22. The second-order valence-electron chi connectivity index (χ2n) is 2.39. The first kappa shape index (κ1) is 10.9. The Hall–Kier alpha value is -0.0900. The van der Waals surface area contributed by atoms with Crippen molar-refractivity contribution in [3.05, 3.63) is 0 Å². The van der Waals surface area contributed by atoms with E-state index in [1.807, 2.05) is 13.8 Å². The first-order valence-corrected chi connectivity index (χ1v) is 4.59. The minimum absolute atomic E-state index is 0.171. The molecule has 0 aromatic rings. The molecule has 66 valence electrons. The molecular formula is C7H13BrO3. The monoisotopic (exact) mass is 224 g/mol. The number of ether oxygens (including phenoxy) is 2. The number of halogens is 1. The minimum Gasteiger partial charge on any atom is -0.461 e. The predicted molar refractivity (Wildman–Crippen MR) is 45.8 cm³/mol. The minimum atomic E-state index is -0.171. The zero-order valence-corrected chi connectivity index (χ0v) is 8.33. The van der Waals surface area contributed by atoms with Crippen LogP contribution < -0.4 is 0 Å². The van der Waals surface area contributed by atoms with E-state index in [9.17, 15) is 4.79 Å². The number of hydrogen-bond acceptors (Lipinski definition) is 3. The van der Waals surface area contributed by atoms with Crippen LogP contribution >= 0.6 is 15.9 Å². The van der Waals surface area contributed by atoms with Crippen LogP contribution in [0.1, 0.15) is 13.8 Å². The summed E-state index contributed by atoms with van der Waals surface area (Å²) in [4.78, 5) is 9.92. The largest absolute Gasteiger partial charge is 0.461 e. The van der Waals surface area contributed by atoms with Gasteiger partial charge in [0.2, 0.25) is 0 Å². The zero-order valence-electron chi connectivity index (χ0n) is 6.75. The Labute approximate surface area is 75.2 Å². The van der Waals surface area contributed by atoms with E-state index in [4.69, 9.17) is 4.74 Å². The standard InChI is InChI=1S/C7H13BrO3/c1-6(2)10-4-7(3-8)11-5-9/h5-7H,3-4H2,1-2H3. The van der Waals surface area contributed by atoms with Gasteiger partial charge >= 0.3 is 0 Å². The molecule has 0 saturated carbocycles. The maximum Gasteiger partial charge on any atom is 0.293 e. The van der Waals surface area contributed by atoms with E-state index in [0.29, 0.717) is 18.4 Å². The number of carbonyl (C=O) groups excluding carboxylic acids is 1. The fourth-order valence-electron chi connectivity index (χ4n) is 0.499. The summed E-state index contributed by atoms with van der Waals surface area (Å²) in [6.07, 6.45) is 0.00158. The molecule has 4 heteroatoms. The number of carbonyl (C=O) groups is 1. The Morgan fingerprint density at radius 3 is 2.55 bits per heavy atom. The van der Waals surface area contributed by atoms with E-state index < -0.39 is 0 Å². The summed E-state index contributed by atoms with van der Waals surface area (Å²) >= 11 is 3.20. The lowest BCUT2D eigenvalue weighted by molar-refractivity contribution is -0.135. The molecule has 0 amide bonds. The number of hydrogen-bond donors (Lipinski definition) is 0. The van der Waals surface area contributed by atoms with Crippen LogP contribution in [0.25, 0.3) is 0 Å². The van der Waals surface area contributed by atoms with Gasteiger partial charge in [-0.25, -0.2) is 0 Å². The Bertz CT molecular complexity index is 106. The second-order valence-corrected chi connectivity index (χ2v) is 3.04. The summed E-state index contributed by atoms with van der Waals surface area (Å²) in [6, 6.07) is 0. The van der Waals surface area contributed by atoms with Gasteiger partial charge in [0.1, 0.15) is 6.10 Å². The maximum absolute atomic E-state index is 9.92. The van der Waals surface area contributed by atoms with Crippen molar-refractivity contribution in [3.8, 4) is 0 Å². The molecule has 0 fully saturated rings. The molecule has 0 N–H and O–H groups in total. The predicted octanol–water partition coefficient (Wildman–Crippen LogP) is 1.35. The quantitative estimate of drug-likeness (QED) is 0.505. The van der Waals surface area contributed by atoms with Gasteiger partial charge in [0, 0.05) is 5.33 Å². The highest BCUT2D eigenvalue weighted by molar-refractivity contribution is 9.09. The van der Waals surface area contributed by atoms with Gasteiger partial charge < -0.3 is 9.47 Å². The normalized spacial score (nSPS) is 13.1. The molecule has 0 heterocycles. The molecule has 3 nitrogen and oxygen atoms in total. The highest BCUT2D eigenvalue weighted by Gasteiger charge is 2.07. The summed E-state index contributed by atoms with van der Waals surface area (Å²) in [7, 11) is 0. The molecule has 1 unspecified atom stereocenters. The molecule has 0 aliphatic heterocycles. The molecule has 1 atom stereocenters. The fraction of sp³-hybridized carbons (Fsp3) is 0.857. The summed E-state index contributed by atoms with van der Waals surface area (Å²) < 4.78 is 9.92. The number of alkyl halides is 1. The van der Waals surface area contributed by atoms with Gasteiger partial charge in [-0.1, -0.05) is 15.9 Å². The molecule has 0 aromatic heterocycles. The average Bonchev–Trinajstić information content (AvgIpc) is 1.97. The SMILES string of the molecule is CC(C)OCC(CBr)OC=O. The van der Waals surface area contributed by atoms with Gasteiger partial charge in [-0.3, -0.25) is 4.79 Å².